The van der Waals surface area contributed by atoms with Crippen LogP contribution >= 0.6 is 0 Å². The van der Waals surface area contributed by atoms with Gasteiger partial charge in [-0.05, 0) is 89.1 Å². The van der Waals surface area contributed by atoms with Crippen LogP contribution in [0, 0.1) is 0 Å². The number of nitrogens with zero attached hydrogens (tertiary/aromatic N) is 4. The molecule has 0 atom stereocenters. The maximum Gasteiger partial charge on any atom is 0.573 e. The predicted molar refractivity (Wildman–Crippen MR) is 160 cm³/mol. The molecule has 0 saturated carbocycles. The first-order valence-electron chi connectivity index (χ1n) is 14.6. The molecule has 1 N–H and O–H groups in total. The van der Waals surface area contributed by atoms with E-state index in [0.717, 1.165) is 23.4 Å². The molecular formula is C32H34F3N5O5. The van der Waals surface area contributed by atoms with Crippen molar-refractivity contribution in [2.45, 2.75) is 58.4 Å². The van der Waals surface area contributed by atoms with Crippen LogP contribution in [0.3, 0.4) is 0 Å². The lowest BCUT2D eigenvalue weighted by Crippen LogP contribution is -2.41. The summed E-state index contributed by atoms with van der Waals surface area (Å²) in [6.45, 7) is 8.73. The summed E-state index contributed by atoms with van der Waals surface area (Å²) in [5.41, 5.74) is 2.47. The molecule has 0 bridgehead atoms. The van der Waals surface area contributed by atoms with Gasteiger partial charge < -0.3 is 24.4 Å². The van der Waals surface area contributed by atoms with E-state index < -0.39 is 29.7 Å². The summed E-state index contributed by atoms with van der Waals surface area (Å²) in [6.07, 6.45) is -2.52. The minimum absolute atomic E-state index is 0.152. The number of likely N-dealkylation sites (tertiary alicyclic amines) is 1. The number of hydrogen-bond donors (Lipinski definition) is 1. The van der Waals surface area contributed by atoms with E-state index in [2.05, 4.69) is 15.2 Å². The number of halogens is 3. The van der Waals surface area contributed by atoms with E-state index in [1.165, 1.54) is 16.6 Å². The summed E-state index contributed by atoms with van der Waals surface area (Å²) in [5.74, 6) is -0.322. The monoisotopic (exact) mass is 625 g/mol. The molecule has 13 heteroatoms. The number of amides is 2. The average molecular weight is 626 g/mol. The molecule has 0 radical (unpaired) electrons. The van der Waals surface area contributed by atoms with Gasteiger partial charge in [0, 0.05) is 42.5 Å². The third-order valence-corrected chi connectivity index (χ3v) is 7.06. The number of hydrogen-bond acceptors (Lipinski definition) is 7. The van der Waals surface area contributed by atoms with E-state index in [1.807, 2.05) is 58.0 Å². The SMILES string of the molecule is CCOc1ccc(-c2cc3nc(C4CCN(C(=O)OC(C)(C)C)CC4)c(C(=O)Nc4ccc(OC(F)(F)F)cc4)cn3n2)cc1. The topological polar surface area (TPSA) is 107 Å². The highest BCUT2D eigenvalue weighted by molar-refractivity contribution is 6.05. The number of ether oxygens (including phenoxy) is 3. The van der Waals surface area contributed by atoms with Gasteiger partial charge in [-0.3, -0.25) is 4.79 Å². The molecule has 10 nitrogen and oxygen atoms in total. The molecular weight excluding hydrogens is 591 g/mol. The van der Waals surface area contributed by atoms with Crippen molar-refractivity contribution in [3.63, 3.8) is 0 Å². The Hall–Kier alpha value is -4.81. The summed E-state index contributed by atoms with van der Waals surface area (Å²) < 4.78 is 54.2. The summed E-state index contributed by atoms with van der Waals surface area (Å²) >= 11 is 0. The number of aromatic nitrogens is 3. The number of rotatable bonds is 7. The maximum absolute atomic E-state index is 13.6. The molecule has 45 heavy (non-hydrogen) atoms. The Kier molecular flexibility index (Phi) is 8.89. The summed E-state index contributed by atoms with van der Waals surface area (Å²) in [6, 6.07) is 14.2. The van der Waals surface area contributed by atoms with Crippen molar-refractivity contribution in [3.8, 4) is 22.8 Å². The number of fused-ring (bicyclic) bond motifs is 1. The minimum atomic E-state index is -4.83. The van der Waals surface area contributed by atoms with Gasteiger partial charge in [0.05, 0.1) is 23.6 Å². The highest BCUT2D eigenvalue weighted by Gasteiger charge is 2.32. The molecule has 2 aromatic carbocycles. The van der Waals surface area contributed by atoms with Crippen molar-refractivity contribution in [2.75, 3.05) is 25.0 Å². The van der Waals surface area contributed by atoms with Gasteiger partial charge in [0.1, 0.15) is 17.1 Å². The number of anilines is 1. The average Bonchev–Trinajstić information content (AvgIpc) is 3.40. The first kappa shape index (κ1) is 31.6. The van der Waals surface area contributed by atoms with Crippen molar-refractivity contribution in [1.29, 1.82) is 0 Å². The quantitative estimate of drug-likeness (QED) is 0.234. The molecule has 0 spiro atoms. The smallest absolute Gasteiger partial charge is 0.494 e. The molecule has 2 amide bonds. The zero-order valence-electron chi connectivity index (χ0n) is 25.4. The Labute approximate surface area is 258 Å². The van der Waals surface area contributed by atoms with E-state index in [4.69, 9.17) is 14.5 Å². The Morgan fingerprint density at radius 3 is 2.22 bits per heavy atom. The number of piperidine rings is 1. The van der Waals surface area contributed by atoms with Crippen LogP contribution in [0.15, 0.2) is 60.8 Å². The maximum atomic E-state index is 13.6. The largest absolute Gasteiger partial charge is 0.573 e. The second-order valence-corrected chi connectivity index (χ2v) is 11.6. The van der Waals surface area contributed by atoms with Crippen molar-refractivity contribution in [3.05, 3.63) is 72.1 Å². The second kappa shape index (κ2) is 12.7. The molecule has 1 aliphatic rings. The summed E-state index contributed by atoms with van der Waals surface area (Å²) in [7, 11) is 0. The third-order valence-electron chi connectivity index (χ3n) is 7.06. The number of benzene rings is 2. The Morgan fingerprint density at radius 2 is 1.62 bits per heavy atom. The Morgan fingerprint density at radius 1 is 0.978 bits per heavy atom. The van der Waals surface area contributed by atoms with Gasteiger partial charge in [-0.2, -0.15) is 5.10 Å². The van der Waals surface area contributed by atoms with E-state index in [9.17, 15) is 22.8 Å². The molecule has 0 aliphatic carbocycles. The standard InChI is InChI=1S/C32H34F3N5O5/c1-5-43-23-10-6-20(7-11-23)26-18-27-37-28(21-14-16-39(17-15-21)30(42)45-31(2,3)4)25(19-40(27)38-26)29(41)36-22-8-12-24(13-9-22)44-32(33,34)35/h6-13,18-19,21H,5,14-17H2,1-4H3,(H,36,41). The van der Waals surface area contributed by atoms with Gasteiger partial charge in [0.2, 0.25) is 0 Å². The van der Waals surface area contributed by atoms with Crippen LogP contribution in [0.2, 0.25) is 0 Å². The fourth-order valence-corrected chi connectivity index (χ4v) is 5.05. The van der Waals surface area contributed by atoms with Crippen molar-refractivity contribution < 1.29 is 37.0 Å². The van der Waals surface area contributed by atoms with Crippen LogP contribution in [0.25, 0.3) is 16.9 Å². The fourth-order valence-electron chi connectivity index (χ4n) is 5.05. The van der Waals surface area contributed by atoms with Crippen LogP contribution in [-0.2, 0) is 4.74 Å². The number of alkyl halides is 3. The number of nitrogens with one attached hydrogen (secondary N) is 1. The highest BCUT2D eigenvalue weighted by Crippen LogP contribution is 2.32. The summed E-state index contributed by atoms with van der Waals surface area (Å²) in [4.78, 5) is 32.8. The van der Waals surface area contributed by atoms with Crippen LogP contribution < -0.4 is 14.8 Å². The normalized spacial score (nSPS) is 14.3. The molecule has 1 saturated heterocycles. The summed E-state index contributed by atoms with van der Waals surface area (Å²) in [5, 5.41) is 7.40. The van der Waals surface area contributed by atoms with E-state index in [-0.39, 0.29) is 17.2 Å². The first-order chi connectivity index (χ1) is 21.3. The first-order valence-corrected chi connectivity index (χ1v) is 14.6. The lowest BCUT2D eigenvalue weighted by molar-refractivity contribution is -0.274. The lowest BCUT2D eigenvalue weighted by Gasteiger charge is -2.33. The van der Waals surface area contributed by atoms with Crippen molar-refractivity contribution in [1.82, 2.24) is 19.5 Å². The van der Waals surface area contributed by atoms with Crippen LogP contribution in [-0.4, -0.2) is 63.2 Å². The lowest BCUT2D eigenvalue weighted by atomic mass is 9.90. The van der Waals surface area contributed by atoms with Gasteiger partial charge in [-0.1, -0.05) is 0 Å². The van der Waals surface area contributed by atoms with E-state index in [0.29, 0.717) is 49.6 Å². The minimum Gasteiger partial charge on any atom is -0.494 e. The van der Waals surface area contributed by atoms with Gasteiger partial charge in [-0.25, -0.2) is 14.3 Å². The Bertz CT molecular complexity index is 1660. The molecule has 5 rings (SSSR count). The van der Waals surface area contributed by atoms with E-state index in [1.54, 1.807) is 11.1 Å². The third kappa shape index (κ3) is 8.02. The number of carbonyl (C=O) groups is 2. The Balaban J connectivity index is 1.43. The van der Waals surface area contributed by atoms with Crippen LogP contribution in [0.5, 0.6) is 11.5 Å². The molecule has 1 fully saturated rings. The molecule has 3 heterocycles. The number of carbonyl (C=O) groups excluding carboxylic acids is 2. The van der Waals surface area contributed by atoms with Crippen LogP contribution in [0.1, 0.15) is 62.5 Å². The highest BCUT2D eigenvalue weighted by atomic mass is 19.4. The molecule has 0 unspecified atom stereocenters. The molecule has 2 aromatic heterocycles. The van der Waals surface area contributed by atoms with Crippen molar-refractivity contribution >= 4 is 23.3 Å². The fraction of sp³-hybridized carbons (Fsp3) is 0.375. The van der Waals surface area contributed by atoms with Gasteiger partial charge >= 0.3 is 12.5 Å². The predicted octanol–water partition coefficient (Wildman–Crippen LogP) is 7.06. The molecule has 4 aromatic rings. The zero-order valence-corrected chi connectivity index (χ0v) is 25.4. The van der Waals surface area contributed by atoms with Crippen LogP contribution in [0.4, 0.5) is 23.7 Å². The van der Waals surface area contributed by atoms with Gasteiger partial charge in [-0.15, -0.1) is 13.2 Å². The molecule has 1 aliphatic heterocycles. The van der Waals surface area contributed by atoms with Gasteiger partial charge in [0.25, 0.3) is 5.91 Å². The zero-order chi connectivity index (χ0) is 32.4. The van der Waals surface area contributed by atoms with E-state index >= 15 is 0 Å². The second-order valence-electron chi connectivity index (χ2n) is 11.6. The van der Waals surface area contributed by atoms with Crippen molar-refractivity contribution in [2.24, 2.45) is 0 Å². The molecule has 238 valence electrons. The van der Waals surface area contributed by atoms with Gasteiger partial charge in [0.15, 0.2) is 5.65 Å².